The first-order valence-electron chi connectivity index (χ1n) is 8.63. The Morgan fingerprint density at radius 2 is 2.08 bits per heavy atom. The molecule has 0 saturated heterocycles. The molecule has 0 radical (unpaired) electrons. The van der Waals surface area contributed by atoms with Crippen molar-refractivity contribution in [2.24, 2.45) is 0 Å². The van der Waals surface area contributed by atoms with E-state index in [9.17, 15) is 0 Å². The van der Waals surface area contributed by atoms with Crippen LogP contribution < -0.4 is 0 Å². The van der Waals surface area contributed by atoms with Gasteiger partial charge in [-0.05, 0) is 18.2 Å². The Bertz CT molecular complexity index is 1120. The van der Waals surface area contributed by atoms with Gasteiger partial charge in [0.05, 0.1) is 12.1 Å². The molecule has 5 rings (SSSR count). The second kappa shape index (κ2) is 5.74. The molecule has 0 spiro atoms. The highest BCUT2D eigenvalue weighted by atomic mass is 16.5. The number of fused-ring (bicyclic) bond motifs is 2. The Morgan fingerprint density at radius 3 is 2.92 bits per heavy atom. The van der Waals surface area contributed by atoms with E-state index >= 15 is 0 Å². The molecule has 1 fully saturated rings. The summed E-state index contributed by atoms with van der Waals surface area (Å²) in [6.45, 7) is 4.13. The summed E-state index contributed by atoms with van der Waals surface area (Å²) < 4.78 is 11.1. The molecule has 0 unspecified atom stereocenters. The summed E-state index contributed by atoms with van der Waals surface area (Å²) in [6, 6.07) is 6.47. The molecule has 0 atom stereocenters. The molecule has 0 amide bonds. The molecule has 0 N–H and O–H groups in total. The number of ether oxygens (including phenoxy) is 1. The third-order valence-corrected chi connectivity index (χ3v) is 5.21. The fraction of sp³-hybridized carbons (Fsp3) is 0.263. The highest BCUT2D eigenvalue weighted by molar-refractivity contribution is 5.80. The average molecular weight is 347 g/mol. The van der Waals surface area contributed by atoms with Crippen molar-refractivity contribution in [2.45, 2.75) is 25.0 Å². The Hall–Kier alpha value is -3.06. The van der Waals surface area contributed by atoms with Crippen LogP contribution in [-0.2, 0) is 4.74 Å². The van der Waals surface area contributed by atoms with Gasteiger partial charge >= 0.3 is 5.95 Å². The Balaban J connectivity index is 1.48. The van der Waals surface area contributed by atoms with Crippen LogP contribution >= 0.6 is 0 Å². The van der Waals surface area contributed by atoms with Gasteiger partial charge in [0.15, 0.2) is 0 Å². The van der Waals surface area contributed by atoms with E-state index < -0.39 is 0 Å². The van der Waals surface area contributed by atoms with Crippen molar-refractivity contribution < 1.29 is 9.31 Å². The van der Waals surface area contributed by atoms with E-state index in [0.29, 0.717) is 18.1 Å². The first-order valence-corrected chi connectivity index (χ1v) is 8.63. The van der Waals surface area contributed by atoms with Gasteiger partial charge in [0, 0.05) is 67.7 Å². The largest absolute Gasteiger partial charge is 0.453 e. The van der Waals surface area contributed by atoms with Gasteiger partial charge in [-0.1, -0.05) is 4.98 Å². The first kappa shape index (κ1) is 15.2. The second-order valence-electron chi connectivity index (χ2n) is 6.68. The molecule has 0 bridgehead atoms. The molecule has 4 heterocycles. The smallest absolute Gasteiger partial charge is 0.381 e. The summed E-state index contributed by atoms with van der Waals surface area (Å²) in [5.74, 6) is 0.629. The lowest BCUT2D eigenvalue weighted by atomic mass is 9.89. The number of aromatic nitrogens is 5. The number of pyridine rings is 1. The first-order chi connectivity index (χ1) is 12.7. The van der Waals surface area contributed by atoms with Gasteiger partial charge in [0.1, 0.15) is 17.4 Å². The molecule has 0 aliphatic heterocycles. The Labute approximate surface area is 150 Å². The van der Waals surface area contributed by atoms with Crippen molar-refractivity contribution >= 4 is 23.8 Å². The number of imidazole rings is 1. The topological polar surface area (TPSA) is 59.7 Å². The van der Waals surface area contributed by atoms with Gasteiger partial charge in [-0.25, -0.2) is 9.56 Å². The van der Waals surface area contributed by atoms with Crippen LogP contribution in [0.5, 0.6) is 0 Å². The molecule has 26 heavy (non-hydrogen) atoms. The summed E-state index contributed by atoms with van der Waals surface area (Å²) >= 11 is 0. The van der Waals surface area contributed by atoms with Gasteiger partial charge in [0.2, 0.25) is 0 Å². The zero-order valence-corrected chi connectivity index (χ0v) is 14.5. The van der Waals surface area contributed by atoms with Crippen molar-refractivity contribution in [3.05, 3.63) is 49.2 Å². The maximum atomic E-state index is 5.34. The van der Waals surface area contributed by atoms with E-state index in [0.717, 1.165) is 35.1 Å². The SMILES string of the molecule is C=[N+](c1ncc2c(-c3ccc4nccn4c3)ccn2n1)C1CC(OC)C1. The van der Waals surface area contributed by atoms with Crippen LogP contribution in [0.4, 0.5) is 5.95 Å². The number of hydrogen-bond donors (Lipinski definition) is 0. The van der Waals surface area contributed by atoms with E-state index in [4.69, 9.17) is 4.74 Å². The van der Waals surface area contributed by atoms with Gasteiger partial charge in [0.25, 0.3) is 0 Å². The molecule has 4 aromatic heterocycles. The molecular formula is C19H19N6O+. The molecule has 7 nitrogen and oxygen atoms in total. The fourth-order valence-electron chi connectivity index (χ4n) is 3.49. The minimum atomic E-state index is 0.323. The number of rotatable bonds is 4. The van der Waals surface area contributed by atoms with E-state index in [2.05, 4.69) is 40.1 Å². The maximum Gasteiger partial charge on any atom is 0.453 e. The molecule has 0 aromatic carbocycles. The third kappa shape index (κ3) is 2.32. The predicted molar refractivity (Wildman–Crippen MR) is 98.0 cm³/mol. The highest BCUT2D eigenvalue weighted by Crippen LogP contribution is 2.29. The van der Waals surface area contributed by atoms with Crippen molar-refractivity contribution in [2.75, 3.05) is 7.11 Å². The standard InChI is InChI=1S/C19H19N6O/c1-23(14-9-15(10-14)26-2)19-21-11-17-16(5-7-25(17)22-19)13-3-4-18-20-6-8-24(18)12-13/h3-8,11-12,14-15H,1,9-10H2,2H3/q+1. The van der Waals surface area contributed by atoms with Crippen LogP contribution in [0.25, 0.3) is 22.3 Å². The quantitative estimate of drug-likeness (QED) is 0.420. The number of methoxy groups -OCH3 is 1. The van der Waals surface area contributed by atoms with Gasteiger partial charge in [-0.2, -0.15) is 4.52 Å². The van der Waals surface area contributed by atoms with Crippen LogP contribution in [0.2, 0.25) is 0 Å². The van der Waals surface area contributed by atoms with Gasteiger partial charge in [-0.15, -0.1) is 0 Å². The maximum absolute atomic E-state index is 5.34. The number of hydrogen-bond acceptors (Lipinski definition) is 4. The predicted octanol–water partition coefficient (Wildman–Crippen LogP) is 2.57. The molecule has 1 aliphatic rings. The van der Waals surface area contributed by atoms with Crippen molar-refractivity contribution in [1.82, 2.24) is 24.0 Å². The van der Waals surface area contributed by atoms with Crippen molar-refractivity contribution in [3.8, 4) is 11.1 Å². The van der Waals surface area contributed by atoms with Crippen LogP contribution in [0, 0.1) is 0 Å². The fourth-order valence-corrected chi connectivity index (χ4v) is 3.49. The molecule has 1 aliphatic carbocycles. The molecular weight excluding hydrogens is 328 g/mol. The summed E-state index contributed by atoms with van der Waals surface area (Å²) in [7, 11) is 1.75. The lowest BCUT2D eigenvalue weighted by molar-refractivity contribution is -0.507. The van der Waals surface area contributed by atoms with E-state index in [1.807, 2.05) is 38.1 Å². The average Bonchev–Trinajstić information content (AvgIpc) is 3.26. The summed E-state index contributed by atoms with van der Waals surface area (Å²) in [4.78, 5) is 8.83. The summed E-state index contributed by atoms with van der Waals surface area (Å²) in [5.41, 5.74) is 4.08. The van der Waals surface area contributed by atoms with E-state index in [1.165, 1.54) is 0 Å². The van der Waals surface area contributed by atoms with Crippen LogP contribution in [0.3, 0.4) is 0 Å². The monoisotopic (exact) mass is 347 g/mol. The third-order valence-electron chi connectivity index (χ3n) is 5.21. The second-order valence-corrected chi connectivity index (χ2v) is 6.68. The minimum Gasteiger partial charge on any atom is -0.381 e. The molecule has 4 aromatic rings. The molecule has 1 saturated carbocycles. The van der Waals surface area contributed by atoms with Crippen LogP contribution in [0.15, 0.2) is 49.2 Å². The highest BCUT2D eigenvalue weighted by Gasteiger charge is 2.35. The summed E-state index contributed by atoms with van der Waals surface area (Å²) in [5, 5.41) is 4.64. The normalized spacial score (nSPS) is 19.7. The van der Waals surface area contributed by atoms with E-state index in [-0.39, 0.29) is 0 Å². The molecule has 7 heteroatoms. The lowest BCUT2D eigenvalue weighted by Crippen LogP contribution is -2.41. The van der Waals surface area contributed by atoms with Crippen LogP contribution in [-0.4, -0.2) is 54.5 Å². The van der Waals surface area contributed by atoms with Crippen LogP contribution in [0.1, 0.15) is 12.8 Å². The Morgan fingerprint density at radius 1 is 1.19 bits per heavy atom. The molecule has 130 valence electrons. The van der Waals surface area contributed by atoms with Gasteiger partial charge < -0.3 is 9.14 Å². The van der Waals surface area contributed by atoms with Gasteiger partial charge in [-0.3, -0.25) is 0 Å². The zero-order valence-electron chi connectivity index (χ0n) is 14.5. The Kier molecular flexibility index (Phi) is 3.36. The lowest BCUT2D eigenvalue weighted by Gasteiger charge is -2.32. The number of nitrogens with zero attached hydrogens (tertiary/aromatic N) is 6. The van der Waals surface area contributed by atoms with Crippen molar-refractivity contribution in [3.63, 3.8) is 0 Å². The minimum absolute atomic E-state index is 0.323. The van der Waals surface area contributed by atoms with E-state index in [1.54, 1.807) is 13.3 Å². The zero-order chi connectivity index (χ0) is 17.7. The van der Waals surface area contributed by atoms with Crippen molar-refractivity contribution in [1.29, 1.82) is 0 Å². The summed E-state index contributed by atoms with van der Waals surface area (Å²) in [6.07, 6.45) is 11.9.